The van der Waals surface area contributed by atoms with Gasteiger partial charge in [-0.1, -0.05) is 12.1 Å². The number of benzene rings is 2. The summed E-state index contributed by atoms with van der Waals surface area (Å²) in [6, 6.07) is 14.3. The van der Waals surface area contributed by atoms with Gasteiger partial charge in [-0.2, -0.15) is 0 Å². The van der Waals surface area contributed by atoms with Crippen LogP contribution in [0.5, 0.6) is 5.75 Å². The highest BCUT2D eigenvalue weighted by atomic mass is 32.1. The maximum Gasteiger partial charge on any atom is 0.313 e. The Morgan fingerprint density at radius 1 is 1.00 bits per heavy atom. The third kappa shape index (κ3) is 6.46. The van der Waals surface area contributed by atoms with Crippen LogP contribution in [0, 0.1) is 6.92 Å². The number of anilines is 2. The highest BCUT2D eigenvalue weighted by Gasteiger charge is 2.25. The van der Waals surface area contributed by atoms with Crippen molar-refractivity contribution in [2.45, 2.75) is 32.7 Å². The lowest BCUT2D eigenvalue weighted by atomic mass is 9.94. The molecular formula is C28H28N4O5S. The standard InChI is InChI=1S/C28H28N4O5S/c1-17-11-12-38-24(17)25(33)30-19-7-5-18(6-8-19)14-28(2,3)32-27(35)26(34)31-20-9-10-21(22(13-20)36-4)23-15-29-16-37-23/h5-13,15-16H,14H2,1-4H3,(H,30,33)(H,31,34)(H,32,35). The van der Waals surface area contributed by atoms with E-state index < -0.39 is 17.4 Å². The second kappa shape index (κ2) is 11.3. The topological polar surface area (TPSA) is 123 Å². The summed E-state index contributed by atoms with van der Waals surface area (Å²) in [5.41, 5.74) is 2.92. The van der Waals surface area contributed by atoms with Gasteiger partial charge in [0, 0.05) is 23.0 Å². The molecule has 2 aromatic carbocycles. The lowest BCUT2D eigenvalue weighted by Crippen LogP contribution is -2.49. The summed E-state index contributed by atoms with van der Waals surface area (Å²) in [6.07, 6.45) is 3.35. The average Bonchev–Trinajstić information content (AvgIpc) is 3.56. The quantitative estimate of drug-likeness (QED) is 0.273. The number of rotatable bonds is 8. The summed E-state index contributed by atoms with van der Waals surface area (Å²) in [5.74, 6) is -0.718. The van der Waals surface area contributed by atoms with Gasteiger partial charge in [0.2, 0.25) is 0 Å². The fraction of sp³-hybridized carbons (Fsp3) is 0.214. The first kappa shape index (κ1) is 26.6. The molecular weight excluding hydrogens is 504 g/mol. The van der Waals surface area contributed by atoms with E-state index in [-0.39, 0.29) is 5.91 Å². The number of amides is 3. The molecule has 9 nitrogen and oxygen atoms in total. The van der Waals surface area contributed by atoms with Gasteiger partial charge in [0.15, 0.2) is 12.2 Å². The number of aromatic nitrogens is 1. The van der Waals surface area contributed by atoms with Crippen LogP contribution in [0.2, 0.25) is 0 Å². The first-order chi connectivity index (χ1) is 18.1. The number of ether oxygens (including phenoxy) is 1. The number of aryl methyl sites for hydroxylation is 1. The van der Waals surface area contributed by atoms with Crippen molar-refractivity contribution in [3.8, 4) is 17.1 Å². The number of carbonyl (C=O) groups excluding carboxylic acids is 3. The summed E-state index contributed by atoms with van der Waals surface area (Å²) in [6.45, 7) is 5.57. The van der Waals surface area contributed by atoms with Gasteiger partial charge < -0.3 is 25.1 Å². The minimum atomic E-state index is -0.797. The van der Waals surface area contributed by atoms with Gasteiger partial charge in [0.25, 0.3) is 5.91 Å². The van der Waals surface area contributed by atoms with E-state index in [0.29, 0.717) is 39.7 Å². The van der Waals surface area contributed by atoms with E-state index in [2.05, 4.69) is 20.9 Å². The van der Waals surface area contributed by atoms with Gasteiger partial charge in [-0.05, 0) is 74.0 Å². The average molecular weight is 533 g/mol. The Bertz CT molecular complexity index is 1440. The number of oxazole rings is 1. The number of carbonyl (C=O) groups is 3. The molecule has 2 aromatic heterocycles. The molecule has 3 N–H and O–H groups in total. The fourth-order valence-corrected chi connectivity index (χ4v) is 4.75. The van der Waals surface area contributed by atoms with Crippen LogP contribution in [-0.4, -0.2) is 35.4 Å². The number of nitrogens with zero attached hydrogens (tertiary/aromatic N) is 1. The number of hydrogen-bond acceptors (Lipinski definition) is 7. The SMILES string of the molecule is COc1cc(NC(=O)C(=O)NC(C)(C)Cc2ccc(NC(=O)c3sccc3C)cc2)ccc1-c1cnco1. The second-order valence-corrected chi connectivity index (χ2v) is 10.2. The smallest absolute Gasteiger partial charge is 0.313 e. The summed E-state index contributed by atoms with van der Waals surface area (Å²) in [5, 5.41) is 10.2. The molecule has 10 heteroatoms. The summed E-state index contributed by atoms with van der Waals surface area (Å²) in [7, 11) is 1.50. The molecule has 4 aromatic rings. The monoisotopic (exact) mass is 532 g/mol. The lowest BCUT2D eigenvalue weighted by molar-refractivity contribution is -0.137. The molecule has 0 atom stereocenters. The van der Waals surface area contributed by atoms with E-state index in [0.717, 1.165) is 11.1 Å². The molecule has 0 aliphatic rings. The van der Waals surface area contributed by atoms with Crippen molar-refractivity contribution in [2.75, 3.05) is 17.7 Å². The minimum Gasteiger partial charge on any atom is -0.496 e. The van der Waals surface area contributed by atoms with E-state index in [1.54, 1.807) is 24.4 Å². The summed E-state index contributed by atoms with van der Waals surface area (Å²) in [4.78, 5) is 42.3. The van der Waals surface area contributed by atoms with Crippen molar-refractivity contribution in [1.29, 1.82) is 0 Å². The first-order valence-electron chi connectivity index (χ1n) is 11.8. The van der Waals surface area contributed by atoms with Crippen molar-refractivity contribution < 1.29 is 23.5 Å². The van der Waals surface area contributed by atoms with Crippen LogP contribution in [-0.2, 0) is 16.0 Å². The van der Waals surface area contributed by atoms with Crippen molar-refractivity contribution in [1.82, 2.24) is 10.3 Å². The summed E-state index contributed by atoms with van der Waals surface area (Å²) < 4.78 is 10.7. The highest BCUT2D eigenvalue weighted by Crippen LogP contribution is 2.32. The second-order valence-electron chi connectivity index (χ2n) is 9.33. The maximum atomic E-state index is 12.7. The minimum absolute atomic E-state index is 0.144. The normalized spacial score (nSPS) is 11.1. The molecule has 0 unspecified atom stereocenters. The fourth-order valence-electron chi connectivity index (χ4n) is 3.93. The van der Waals surface area contributed by atoms with Gasteiger partial charge in [0.1, 0.15) is 5.75 Å². The summed E-state index contributed by atoms with van der Waals surface area (Å²) >= 11 is 1.40. The Balaban J connectivity index is 1.33. The first-order valence-corrected chi connectivity index (χ1v) is 12.7. The lowest BCUT2D eigenvalue weighted by Gasteiger charge is -2.26. The van der Waals surface area contributed by atoms with E-state index in [1.165, 1.54) is 24.8 Å². The van der Waals surface area contributed by atoms with Crippen LogP contribution in [0.1, 0.15) is 34.6 Å². The molecule has 196 valence electrons. The zero-order chi connectivity index (χ0) is 27.3. The van der Waals surface area contributed by atoms with Gasteiger partial charge in [-0.15, -0.1) is 11.3 Å². The molecule has 0 saturated heterocycles. The predicted octanol–water partition coefficient (Wildman–Crippen LogP) is 5.05. The molecule has 4 rings (SSSR count). The number of thiophene rings is 1. The molecule has 2 heterocycles. The molecule has 0 radical (unpaired) electrons. The third-order valence-electron chi connectivity index (χ3n) is 5.74. The maximum absolute atomic E-state index is 12.7. The molecule has 38 heavy (non-hydrogen) atoms. The Morgan fingerprint density at radius 2 is 1.74 bits per heavy atom. The number of hydrogen-bond donors (Lipinski definition) is 3. The van der Waals surface area contributed by atoms with Gasteiger partial charge >= 0.3 is 11.8 Å². The zero-order valence-electron chi connectivity index (χ0n) is 21.5. The van der Waals surface area contributed by atoms with Crippen molar-refractivity contribution in [2.24, 2.45) is 0 Å². The molecule has 0 saturated carbocycles. The van der Waals surface area contributed by atoms with Gasteiger partial charge in [-0.3, -0.25) is 14.4 Å². The molecule has 0 spiro atoms. The predicted molar refractivity (Wildman–Crippen MR) is 146 cm³/mol. The largest absolute Gasteiger partial charge is 0.496 e. The Morgan fingerprint density at radius 3 is 2.37 bits per heavy atom. The van der Waals surface area contributed by atoms with Crippen LogP contribution >= 0.6 is 11.3 Å². The van der Waals surface area contributed by atoms with Crippen LogP contribution < -0.4 is 20.7 Å². The zero-order valence-corrected chi connectivity index (χ0v) is 22.3. The molecule has 3 amide bonds. The molecule has 0 bridgehead atoms. The molecule has 0 aliphatic heterocycles. The van der Waals surface area contributed by atoms with Crippen LogP contribution in [0.15, 0.2) is 70.9 Å². The highest BCUT2D eigenvalue weighted by molar-refractivity contribution is 7.12. The van der Waals surface area contributed by atoms with Gasteiger partial charge in [0.05, 0.1) is 23.7 Å². The van der Waals surface area contributed by atoms with Crippen LogP contribution in [0.3, 0.4) is 0 Å². The van der Waals surface area contributed by atoms with E-state index in [1.807, 2.05) is 56.5 Å². The van der Waals surface area contributed by atoms with E-state index >= 15 is 0 Å². The number of methoxy groups -OCH3 is 1. The molecule has 0 fully saturated rings. The van der Waals surface area contributed by atoms with Crippen molar-refractivity contribution in [3.63, 3.8) is 0 Å². The van der Waals surface area contributed by atoms with E-state index in [4.69, 9.17) is 9.15 Å². The third-order valence-corrected chi connectivity index (χ3v) is 6.76. The van der Waals surface area contributed by atoms with Crippen LogP contribution in [0.4, 0.5) is 11.4 Å². The Kier molecular flexibility index (Phi) is 7.92. The number of nitrogens with one attached hydrogen (secondary N) is 3. The van der Waals surface area contributed by atoms with Crippen molar-refractivity contribution >= 4 is 40.4 Å². The Labute approximate surface area is 224 Å². The van der Waals surface area contributed by atoms with E-state index in [9.17, 15) is 14.4 Å². The van der Waals surface area contributed by atoms with Gasteiger partial charge in [-0.25, -0.2) is 4.98 Å². The van der Waals surface area contributed by atoms with Crippen LogP contribution in [0.25, 0.3) is 11.3 Å². The van der Waals surface area contributed by atoms with Crippen molar-refractivity contribution in [3.05, 3.63) is 82.5 Å². The Hall–Kier alpha value is -4.44. The molecule has 0 aliphatic carbocycles.